The summed E-state index contributed by atoms with van der Waals surface area (Å²) >= 11 is 0. The molecule has 0 bridgehead atoms. The molecule has 1 N–H and O–H groups in total. The molecule has 43 heavy (non-hydrogen) atoms. The third-order valence-electron chi connectivity index (χ3n) is 9.00. The molecule has 1 saturated heterocycles. The molecule has 2 aliphatic heterocycles. The summed E-state index contributed by atoms with van der Waals surface area (Å²) in [6.45, 7) is 16.9. The summed E-state index contributed by atoms with van der Waals surface area (Å²) in [6.07, 6.45) is 4.50. The lowest BCUT2D eigenvalue weighted by Crippen LogP contribution is -2.56. The van der Waals surface area contributed by atoms with Crippen molar-refractivity contribution in [2.45, 2.75) is 50.9 Å². The lowest BCUT2D eigenvalue weighted by atomic mass is 10.0. The van der Waals surface area contributed by atoms with Gasteiger partial charge in [0.25, 0.3) is 0 Å². The Morgan fingerprint density at radius 1 is 1.23 bits per heavy atom. The van der Waals surface area contributed by atoms with E-state index in [0.717, 1.165) is 46.5 Å². The zero-order valence-corrected chi connectivity index (χ0v) is 24.9. The fraction of sp³-hybridized carbons (Fsp3) is 0.455. The number of amides is 1. The number of likely N-dealkylation sites (N-methyl/N-ethyl adjacent to an activating group) is 1. The Bertz CT molecular complexity index is 1570. The molecule has 1 amide bonds. The first-order chi connectivity index (χ1) is 20.9. The highest BCUT2D eigenvalue weighted by atomic mass is 16.5. The molecule has 1 aliphatic carbocycles. The first-order valence-electron chi connectivity index (χ1n) is 15.1. The fourth-order valence-electron chi connectivity index (χ4n) is 6.33. The van der Waals surface area contributed by atoms with E-state index in [1.165, 1.54) is 18.9 Å². The molecule has 1 aromatic heterocycles. The maximum Gasteiger partial charge on any atom is 0.318 e. The molecule has 3 aliphatic rings. The Kier molecular flexibility index (Phi) is 8.08. The van der Waals surface area contributed by atoms with Gasteiger partial charge in [-0.15, -0.1) is 0 Å². The van der Waals surface area contributed by atoms with Crippen molar-refractivity contribution in [2.75, 3.05) is 56.2 Å². The minimum absolute atomic E-state index is 0.148. The van der Waals surface area contributed by atoms with Gasteiger partial charge in [-0.25, -0.2) is 6.57 Å². The average molecular weight is 582 g/mol. The van der Waals surface area contributed by atoms with Crippen LogP contribution in [0.25, 0.3) is 15.6 Å². The molecule has 2 fully saturated rings. The third-order valence-corrected chi connectivity index (χ3v) is 9.00. The number of phenolic OH excluding ortho intramolecular Hbond substituents is 1. The molecule has 6 rings (SSSR count). The number of rotatable bonds is 9. The zero-order chi connectivity index (χ0) is 30.1. The Hall–Kier alpha value is -4.36. The minimum Gasteiger partial charge on any atom is -0.508 e. The van der Waals surface area contributed by atoms with Gasteiger partial charge < -0.3 is 29.4 Å². The van der Waals surface area contributed by atoms with Crippen LogP contribution in [0.15, 0.2) is 49.1 Å². The minimum atomic E-state index is -0.252. The number of hydrogen-bond acceptors (Lipinski definition) is 8. The van der Waals surface area contributed by atoms with Crippen molar-refractivity contribution >= 4 is 28.2 Å². The van der Waals surface area contributed by atoms with Crippen molar-refractivity contribution in [2.24, 2.45) is 0 Å². The number of phenols is 1. The highest BCUT2D eigenvalue weighted by molar-refractivity contribution is 5.95. The Labute approximate surface area is 253 Å². The molecular formula is C33H39N7O3. The average Bonchev–Trinajstić information content (AvgIpc) is 3.88. The number of fused-ring (bicyclic) bond motifs is 2. The molecule has 3 aromatic rings. The van der Waals surface area contributed by atoms with E-state index < -0.39 is 0 Å². The number of nitrogens with zero attached hydrogens (tertiary/aromatic N) is 7. The van der Waals surface area contributed by atoms with E-state index in [4.69, 9.17) is 21.3 Å². The van der Waals surface area contributed by atoms with E-state index >= 15 is 0 Å². The van der Waals surface area contributed by atoms with Crippen molar-refractivity contribution in [3.05, 3.63) is 71.7 Å². The molecule has 0 spiro atoms. The van der Waals surface area contributed by atoms with Gasteiger partial charge in [-0.1, -0.05) is 30.8 Å². The summed E-state index contributed by atoms with van der Waals surface area (Å²) in [6, 6.07) is 12.6. The highest BCUT2D eigenvalue weighted by Gasteiger charge is 2.35. The SMILES string of the molecule is [C-]#[N+]C[C@H]1CN(c2nc(OC[C@@H](C)N(C)C3CC3)nc3c2CCN(c2cc(O)cc4ccccc24)C3)CCN1C(=O)C=C. The third kappa shape index (κ3) is 5.95. The Morgan fingerprint density at radius 3 is 2.81 bits per heavy atom. The summed E-state index contributed by atoms with van der Waals surface area (Å²) < 4.78 is 6.27. The van der Waals surface area contributed by atoms with E-state index in [1.807, 2.05) is 24.3 Å². The van der Waals surface area contributed by atoms with Crippen molar-refractivity contribution in [1.82, 2.24) is 19.8 Å². The predicted octanol–water partition coefficient (Wildman–Crippen LogP) is 3.88. The summed E-state index contributed by atoms with van der Waals surface area (Å²) in [5.74, 6) is 0.910. The molecule has 2 aromatic carbocycles. The topological polar surface area (TPSA) is 89.6 Å². The van der Waals surface area contributed by atoms with Gasteiger partial charge in [-0.3, -0.25) is 9.69 Å². The second kappa shape index (κ2) is 12.1. The zero-order valence-electron chi connectivity index (χ0n) is 24.9. The van der Waals surface area contributed by atoms with Crippen LogP contribution in [0.4, 0.5) is 11.5 Å². The van der Waals surface area contributed by atoms with Gasteiger partial charge in [0.05, 0.1) is 12.2 Å². The largest absolute Gasteiger partial charge is 0.508 e. The first-order valence-corrected chi connectivity index (χ1v) is 15.1. The predicted molar refractivity (Wildman–Crippen MR) is 168 cm³/mol. The molecule has 2 atom stereocenters. The van der Waals surface area contributed by atoms with Crippen molar-refractivity contribution < 1.29 is 14.6 Å². The van der Waals surface area contributed by atoms with Crippen LogP contribution < -0.4 is 14.5 Å². The first kappa shape index (κ1) is 28.7. The number of benzene rings is 2. The van der Waals surface area contributed by atoms with Gasteiger partial charge in [0.15, 0.2) is 0 Å². The maximum absolute atomic E-state index is 12.5. The van der Waals surface area contributed by atoms with Crippen molar-refractivity contribution in [3.8, 4) is 11.8 Å². The summed E-state index contributed by atoms with van der Waals surface area (Å²) in [5, 5.41) is 12.6. The summed E-state index contributed by atoms with van der Waals surface area (Å²) in [5.41, 5.74) is 2.94. The highest BCUT2D eigenvalue weighted by Crippen LogP contribution is 2.37. The number of aromatic nitrogens is 2. The van der Waals surface area contributed by atoms with Gasteiger partial charge >= 0.3 is 6.01 Å². The van der Waals surface area contributed by atoms with Crippen LogP contribution in [0, 0.1) is 6.57 Å². The molecule has 10 nitrogen and oxygen atoms in total. The quantitative estimate of drug-likeness (QED) is 0.301. The number of ether oxygens (including phenoxy) is 1. The smallest absolute Gasteiger partial charge is 0.318 e. The number of piperazine rings is 1. The lowest BCUT2D eigenvalue weighted by Gasteiger charge is -2.41. The second-order valence-corrected chi connectivity index (χ2v) is 11.8. The molecule has 0 unspecified atom stereocenters. The molecular weight excluding hydrogens is 542 g/mol. The Balaban J connectivity index is 1.33. The van der Waals surface area contributed by atoms with E-state index in [9.17, 15) is 9.90 Å². The normalized spacial score (nSPS) is 19.2. The van der Waals surface area contributed by atoms with Crippen LogP contribution >= 0.6 is 0 Å². The Morgan fingerprint density at radius 2 is 2.05 bits per heavy atom. The van der Waals surface area contributed by atoms with Crippen molar-refractivity contribution in [1.29, 1.82) is 0 Å². The molecule has 3 heterocycles. The van der Waals surface area contributed by atoms with Crippen LogP contribution in [0.2, 0.25) is 0 Å². The van der Waals surface area contributed by atoms with Crippen LogP contribution in [0.3, 0.4) is 0 Å². The summed E-state index contributed by atoms with van der Waals surface area (Å²) in [7, 11) is 2.14. The molecule has 0 radical (unpaired) electrons. The molecule has 10 heteroatoms. The van der Waals surface area contributed by atoms with Gasteiger partial charge in [0.1, 0.15) is 24.2 Å². The van der Waals surface area contributed by atoms with Crippen LogP contribution in [0.1, 0.15) is 31.0 Å². The number of aromatic hydroxyl groups is 1. The van der Waals surface area contributed by atoms with E-state index in [-0.39, 0.29) is 30.3 Å². The fourth-order valence-corrected chi connectivity index (χ4v) is 6.33. The van der Waals surface area contributed by atoms with E-state index in [0.29, 0.717) is 44.8 Å². The number of anilines is 2. The number of carbonyl (C=O) groups excluding carboxylic acids is 1. The van der Waals surface area contributed by atoms with Gasteiger partial charge in [0, 0.05) is 61.0 Å². The van der Waals surface area contributed by atoms with Crippen LogP contribution in [0.5, 0.6) is 11.8 Å². The van der Waals surface area contributed by atoms with E-state index in [1.54, 1.807) is 11.0 Å². The van der Waals surface area contributed by atoms with Gasteiger partial charge in [-0.2, -0.15) is 9.97 Å². The monoisotopic (exact) mass is 581 g/mol. The van der Waals surface area contributed by atoms with Gasteiger partial charge in [0.2, 0.25) is 12.5 Å². The van der Waals surface area contributed by atoms with Gasteiger partial charge in [-0.05, 0) is 50.8 Å². The standard InChI is InChI=1S/C33H39N7O3/c1-5-31(42)40-15-14-39(19-25(40)18-34-3)32-28-12-13-38(30-17-26(41)16-23-8-6-7-9-27(23)30)20-29(28)35-33(36-32)43-21-22(2)37(4)24-10-11-24/h5-9,16-17,22,24-25,41H,1,10-15,18-21H2,2,4H3/t22-,25+/m1/s1. The van der Waals surface area contributed by atoms with Crippen LogP contribution in [-0.2, 0) is 17.8 Å². The van der Waals surface area contributed by atoms with Crippen molar-refractivity contribution in [3.63, 3.8) is 0 Å². The second-order valence-electron chi connectivity index (χ2n) is 11.8. The van der Waals surface area contributed by atoms with E-state index in [2.05, 4.69) is 46.2 Å². The van der Waals surface area contributed by atoms with Crippen LogP contribution in [-0.4, -0.2) is 95.3 Å². The molecule has 1 saturated carbocycles. The number of hydrogen-bond donors (Lipinski definition) is 1. The molecule has 224 valence electrons. The summed E-state index contributed by atoms with van der Waals surface area (Å²) in [4.78, 5) is 34.6. The number of carbonyl (C=O) groups is 1. The maximum atomic E-state index is 12.5. The lowest BCUT2D eigenvalue weighted by molar-refractivity contribution is -0.128.